The number of ether oxygens (including phenoxy) is 2. The van der Waals surface area contributed by atoms with Gasteiger partial charge in [-0.2, -0.15) is 5.10 Å². The molecule has 1 aromatic carbocycles. The third kappa shape index (κ3) is 4.23. The summed E-state index contributed by atoms with van der Waals surface area (Å²) in [6.45, 7) is 4.34. The Kier molecular flexibility index (Phi) is 6.14. The number of nitrogens with zero attached hydrogens (tertiary/aromatic N) is 2. The fourth-order valence-corrected chi connectivity index (χ4v) is 2.86. The van der Waals surface area contributed by atoms with E-state index in [-0.39, 0.29) is 5.91 Å². The fraction of sp³-hybridized carbons (Fsp3) is 0.312. The molecule has 1 aromatic heterocycles. The van der Waals surface area contributed by atoms with Crippen LogP contribution in [0.15, 0.2) is 23.3 Å². The Morgan fingerprint density at radius 2 is 2.21 bits per heavy atom. The number of aromatic nitrogens is 1. The van der Waals surface area contributed by atoms with Gasteiger partial charge < -0.3 is 15.2 Å². The molecule has 0 aliphatic heterocycles. The van der Waals surface area contributed by atoms with E-state index in [2.05, 4.69) is 15.5 Å². The molecule has 8 heteroatoms. The molecule has 1 heterocycles. The number of rotatable bonds is 7. The monoisotopic (exact) mass is 348 g/mol. The lowest BCUT2D eigenvalue weighted by molar-refractivity contribution is 0.0958. The molecule has 3 N–H and O–H groups in total. The van der Waals surface area contributed by atoms with Crippen molar-refractivity contribution < 1.29 is 14.3 Å². The van der Waals surface area contributed by atoms with Gasteiger partial charge in [0, 0.05) is 0 Å². The molecular weight excluding hydrogens is 328 g/mol. The Balaban J connectivity index is 2.08. The van der Waals surface area contributed by atoms with Gasteiger partial charge in [-0.25, -0.2) is 10.4 Å². The van der Waals surface area contributed by atoms with Crippen LogP contribution in [0.25, 0.3) is 0 Å². The van der Waals surface area contributed by atoms with E-state index in [0.717, 1.165) is 16.9 Å². The summed E-state index contributed by atoms with van der Waals surface area (Å²) in [4.78, 5) is 16.7. The zero-order valence-electron chi connectivity index (χ0n) is 13.8. The Bertz CT molecular complexity index is 743. The zero-order chi connectivity index (χ0) is 17.5. The maximum absolute atomic E-state index is 12.1. The molecule has 0 saturated carbocycles. The highest BCUT2D eigenvalue weighted by Crippen LogP contribution is 2.27. The molecule has 1 amide bonds. The number of nitrogens with one attached hydrogen (secondary N) is 1. The molecule has 0 atom stereocenters. The predicted octanol–water partition coefficient (Wildman–Crippen LogP) is 2.46. The summed E-state index contributed by atoms with van der Waals surface area (Å²) in [7, 11) is 1.58. The Hall–Kier alpha value is -2.61. The lowest BCUT2D eigenvalue weighted by Crippen LogP contribution is -2.17. The molecule has 0 saturated heterocycles. The maximum Gasteiger partial charge on any atom is 0.283 e. The van der Waals surface area contributed by atoms with E-state index in [9.17, 15) is 4.79 Å². The third-order valence-corrected chi connectivity index (χ3v) is 4.05. The van der Waals surface area contributed by atoms with E-state index in [4.69, 9.17) is 15.2 Å². The molecule has 0 aliphatic rings. The molecule has 0 unspecified atom stereocenters. The van der Waals surface area contributed by atoms with Gasteiger partial charge in [-0.05, 0) is 37.1 Å². The van der Waals surface area contributed by atoms with E-state index < -0.39 is 0 Å². The van der Waals surface area contributed by atoms with Crippen molar-refractivity contribution in [1.29, 1.82) is 0 Å². The van der Waals surface area contributed by atoms with Gasteiger partial charge in [-0.1, -0.05) is 18.3 Å². The first-order valence-corrected chi connectivity index (χ1v) is 8.30. The average molecular weight is 348 g/mol. The summed E-state index contributed by atoms with van der Waals surface area (Å²) < 4.78 is 10.7. The first kappa shape index (κ1) is 17.7. The second-order valence-corrected chi connectivity index (χ2v) is 5.75. The molecule has 2 rings (SSSR count). The third-order valence-electron chi connectivity index (χ3n) is 3.12. The van der Waals surface area contributed by atoms with Crippen molar-refractivity contribution in [3.05, 3.63) is 34.3 Å². The summed E-state index contributed by atoms with van der Waals surface area (Å²) in [5.41, 5.74) is 9.59. The summed E-state index contributed by atoms with van der Waals surface area (Å²) in [5, 5.41) is 4.35. The van der Waals surface area contributed by atoms with Crippen LogP contribution in [0, 0.1) is 0 Å². The Morgan fingerprint density at radius 3 is 2.88 bits per heavy atom. The highest BCUT2D eigenvalue weighted by molar-refractivity contribution is 7.17. The van der Waals surface area contributed by atoms with Crippen molar-refractivity contribution in [1.82, 2.24) is 10.4 Å². The lowest BCUT2D eigenvalue weighted by atomic mass is 10.2. The zero-order valence-corrected chi connectivity index (χ0v) is 14.6. The molecule has 0 radical (unpaired) electrons. The predicted molar refractivity (Wildman–Crippen MR) is 95.1 cm³/mol. The first-order valence-electron chi connectivity index (χ1n) is 7.48. The van der Waals surface area contributed by atoms with Crippen LogP contribution in [0.5, 0.6) is 11.5 Å². The summed E-state index contributed by atoms with van der Waals surface area (Å²) in [6.07, 6.45) is 2.17. The second kappa shape index (κ2) is 8.30. The van der Waals surface area contributed by atoms with Gasteiger partial charge >= 0.3 is 0 Å². The minimum absolute atomic E-state index is 0.323. The van der Waals surface area contributed by atoms with Crippen molar-refractivity contribution in [2.75, 3.05) is 19.5 Å². The Labute approximate surface area is 144 Å². The van der Waals surface area contributed by atoms with E-state index in [1.807, 2.05) is 19.9 Å². The van der Waals surface area contributed by atoms with Crippen LogP contribution in [-0.2, 0) is 6.42 Å². The molecule has 0 spiro atoms. The van der Waals surface area contributed by atoms with Gasteiger partial charge in [0.25, 0.3) is 5.91 Å². The van der Waals surface area contributed by atoms with Crippen LogP contribution >= 0.6 is 11.3 Å². The second-order valence-electron chi connectivity index (χ2n) is 4.72. The molecule has 0 fully saturated rings. The van der Waals surface area contributed by atoms with E-state index in [1.165, 1.54) is 6.21 Å². The summed E-state index contributed by atoms with van der Waals surface area (Å²) in [5.74, 6) is 0.945. The van der Waals surface area contributed by atoms with Gasteiger partial charge in [-0.15, -0.1) is 0 Å². The van der Waals surface area contributed by atoms with E-state index >= 15 is 0 Å². The van der Waals surface area contributed by atoms with Crippen LogP contribution < -0.4 is 20.6 Å². The van der Waals surface area contributed by atoms with Crippen molar-refractivity contribution in [3.63, 3.8) is 0 Å². The number of hydrogen-bond donors (Lipinski definition) is 2. The quantitative estimate of drug-likeness (QED) is 0.591. The van der Waals surface area contributed by atoms with Crippen molar-refractivity contribution in [2.24, 2.45) is 5.10 Å². The van der Waals surface area contributed by atoms with Crippen LogP contribution in [0.2, 0.25) is 0 Å². The first-order chi connectivity index (χ1) is 11.6. The van der Waals surface area contributed by atoms with Crippen LogP contribution in [0.4, 0.5) is 5.13 Å². The topological polar surface area (TPSA) is 98.8 Å². The number of aryl methyl sites for hydroxylation is 1. The maximum atomic E-state index is 12.1. The number of carbonyl (C=O) groups excluding carboxylic acids is 1. The molecule has 2 aromatic rings. The number of amides is 1. The highest BCUT2D eigenvalue weighted by Gasteiger charge is 2.15. The number of hydrazone groups is 1. The average Bonchev–Trinajstić information content (AvgIpc) is 2.96. The number of nitrogen functional groups attached to an aromatic ring is 1. The molecule has 24 heavy (non-hydrogen) atoms. The lowest BCUT2D eigenvalue weighted by Gasteiger charge is -2.09. The smallest absolute Gasteiger partial charge is 0.283 e. The summed E-state index contributed by atoms with van der Waals surface area (Å²) >= 11 is 1.15. The molecule has 7 nitrogen and oxygen atoms in total. The number of thiazole rings is 1. The van der Waals surface area contributed by atoms with Gasteiger partial charge in [0.15, 0.2) is 16.6 Å². The number of nitrogens with two attached hydrogens (primary N) is 1. The van der Waals surface area contributed by atoms with E-state index in [1.54, 1.807) is 19.2 Å². The Morgan fingerprint density at radius 1 is 1.42 bits per heavy atom. The fourth-order valence-electron chi connectivity index (χ4n) is 2.05. The van der Waals surface area contributed by atoms with Crippen LogP contribution in [0.1, 0.15) is 34.8 Å². The van der Waals surface area contributed by atoms with Crippen LogP contribution in [-0.4, -0.2) is 30.8 Å². The number of carbonyl (C=O) groups is 1. The van der Waals surface area contributed by atoms with Gasteiger partial charge in [0.2, 0.25) is 0 Å². The summed E-state index contributed by atoms with van der Waals surface area (Å²) in [6, 6.07) is 5.40. The number of hydrogen-bond acceptors (Lipinski definition) is 7. The van der Waals surface area contributed by atoms with Gasteiger partial charge in [0.05, 0.1) is 25.6 Å². The molecule has 128 valence electrons. The number of anilines is 1. The minimum atomic E-state index is -0.323. The number of methoxy groups -OCH3 is 1. The van der Waals surface area contributed by atoms with Crippen molar-refractivity contribution in [3.8, 4) is 11.5 Å². The minimum Gasteiger partial charge on any atom is -0.493 e. The highest BCUT2D eigenvalue weighted by atomic mass is 32.1. The van der Waals surface area contributed by atoms with E-state index in [0.29, 0.717) is 40.2 Å². The normalized spacial score (nSPS) is 10.8. The van der Waals surface area contributed by atoms with Gasteiger partial charge in [-0.3, -0.25) is 4.79 Å². The van der Waals surface area contributed by atoms with Crippen molar-refractivity contribution in [2.45, 2.75) is 20.3 Å². The van der Waals surface area contributed by atoms with Gasteiger partial charge in [0.1, 0.15) is 4.88 Å². The largest absolute Gasteiger partial charge is 0.493 e. The number of benzene rings is 1. The van der Waals surface area contributed by atoms with Crippen LogP contribution in [0.3, 0.4) is 0 Å². The van der Waals surface area contributed by atoms with Crippen molar-refractivity contribution >= 4 is 28.6 Å². The standard InChI is InChI=1S/C16H20N4O3S/c1-4-11-14(24-16(17)19-11)15(21)20-18-9-10-6-7-12(22-3)13(8-10)23-5-2/h6-9H,4-5H2,1-3H3,(H2,17,19)(H,20,21)/b18-9-. The SMILES string of the molecule is CCOc1cc(/C=N\NC(=O)c2sc(N)nc2CC)ccc1OC. The molecular formula is C16H20N4O3S. The molecule has 0 bridgehead atoms. The molecule has 0 aliphatic carbocycles.